The van der Waals surface area contributed by atoms with E-state index in [-0.39, 0.29) is 23.4 Å². The molecule has 31 heavy (non-hydrogen) atoms. The quantitative estimate of drug-likeness (QED) is 0.550. The van der Waals surface area contributed by atoms with E-state index >= 15 is 0 Å². The summed E-state index contributed by atoms with van der Waals surface area (Å²) >= 11 is 0. The SMILES string of the molecule is Cc1occc1C(=O)N1CCCC(C(=O)N2CCN(c3ccc([N+](=O)[O-])cc3)CC2)C1. The van der Waals surface area contributed by atoms with Gasteiger partial charge in [-0.15, -0.1) is 0 Å². The van der Waals surface area contributed by atoms with Gasteiger partial charge < -0.3 is 19.1 Å². The molecule has 0 spiro atoms. The average molecular weight is 426 g/mol. The molecule has 1 aromatic heterocycles. The van der Waals surface area contributed by atoms with Crippen LogP contribution in [0.25, 0.3) is 0 Å². The minimum atomic E-state index is -0.410. The lowest BCUT2D eigenvalue weighted by Crippen LogP contribution is -2.53. The van der Waals surface area contributed by atoms with Crippen LogP contribution in [0.2, 0.25) is 0 Å². The topological polar surface area (TPSA) is 100 Å². The van der Waals surface area contributed by atoms with Crippen molar-refractivity contribution in [3.05, 3.63) is 58.0 Å². The number of furan rings is 1. The molecule has 0 bridgehead atoms. The van der Waals surface area contributed by atoms with Crippen molar-refractivity contribution in [2.45, 2.75) is 19.8 Å². The van der Waals surface area contributed by atoms with Crippen molar-refractivity contribution in [1.82, 2.24) is 9.80 Å². The van der Waals surface area contributed by atoms with E-state index in [9.17, 15) is 19.7 Å². The Labute approximate surface area is 180 Å². The highest BCUT2D eigenvalue weighted by Crippen LogP contribution is 2.24. The lowest BCUT2D eigenvalue weighted by Gasteiger charge is -2.39. The number of piperazine rings is 1. The number of benzene rings is 1. The first kappa shape index (κ1) is 20.9. The van der Waals surface area contributed by atoms with Crippen LogP contribution in [0.15, 0.2) is 41.0 Å². The number of hydrogen-bond acceptors (Lipinski definition) is 6. The number of amides is 2. The standard InChI is InChI=1S/C22H26N4O5/c1-16-20(8-14-31-16)22(28)25-9-2-3-17(15-25)21(27)24-12-10-23(11-13-24)18-4-6-19(7-5-18)26(29)30/h4-8,14,17H,2-3,9-13,15H2,1H3. The first-order chi connectivity index (χ1) is 14.9. The molecule has 0 saturated carbocycles. The van der Waals surface area contributed by atoms with Crippen molar-refractivity contribution in [2.24, 2.45) is 5.92 Å². The summed E-state index contributed by atoms with van der Waals surface area (Å²) in [6.07, 6.45) is 3.11. The van der Waals surface area contributed by atoms with Crippen molar-refractivity contribution in [3.8, 4) is 0 Å². The van der Waals surface area contributed by atoms with Crippen LogP contribution in [-0.2, 0) is 4.79 Å². The molecule has 1 aromatic carbocycles. The zero-order valence-corrected chi connectivity index (χ0v) is 17.5. The van der Waals surface area contributed by atoms with Gasteiger partial charge in [-0.25, -0.2) is 0 Å². The highest BCUT2D eigenvalue weighted by molar-refractivity contribution is 5.95. The van der Waals surface area contributed by atoms with Crippen LogP contribution in [0.1, 0.15) is 29.0 Å². The third-order valence-corrected chi connectivity index (χ3v) is 6.16. The van der Waals surface area contributed by atoms with Crippen LogP contribution < -0.4 is 4.90 Å². The second kappa shape index (κ2) is 8.79. The van der Waals surface area contributed by atoms with Crippen molar-refractivity contribution in [3.63, 3.8) is 0 Å². The first-order valence-electron chi connectivity index (χ1n) is 10.6. The summed E-state index contributed by atoms with van der Waals surface area (Å²) in [6.45, 7) is 5.40. The Morgan fingerprint density at radius 2 is 1.74 bits per heavy atom. The van der Waals surface area contributed by atoms with Crippen molar-refractivity contribution >= 4 is 23.2 Å². The number of nitro benzene ring substituents is 1. The number of aryl methyl sites for hydroxylation is 1. The van der Waals surface area contributed by atoms with E-state index in [2.05, 4.69) is 4.90 Å². The van der Waals surface area contributed by atoms with Gasteiger partial charge in [0, 0.05) is 57.1 Å². The van der Waals surface area contributed by atoms with E-state index in [1.165, 1.54) is 18.4 Å². The molecular formula is C22H26N4O5. The average Bonchev–Trinajstić information content (AvgIpc) is 3.24. The minimum Gasteiger partial charge on any atom is -0.469 e. The third-order valence-electron chi connectivity index (χ3n) is 6.16. The summed E-state index contributed by atoms with van der Waals surface area (Å²) in [7, 11) is 0. The van der Waals surface area contributed by atoms with E-state index in [0.717, 1.165) is 18.5 Å². The van der Waals surface area contributed by atoms with Crippen molar-refractivity contribution in [2.75, 3.05) is 44.2 Å². The van der Waals surface area contributed by atoms with Gasteiger partial charge in [0.25, 0.3) is 11.6 Å². The van der Waals surface area contributed by atoms with Crippen LogP contribution >= 0.6 is 0 Å². The van der Waals surface area contributed by atoms with Gasteiger partial charge >= 0.3 is 0 Å². The summed E-state index contributed by atoms with van der Waals surface area (Å²) in [5.41, 5.74) is 1.55. The molecule has 9 nitrogen and oxygen atoms in total. The maximum atomic E-state index is 13.1. The number of non-ortho nitro benzene ring substituents is 1. The molecular weight excluding hydrogens is 400 g/mol. The number of nitrogens with zero attached hydrogens (tertiary/aromatic N) is 4. The van der Waals surface area contributed by atoms with E-state index in [1.807, 2.05) is 4.90 Å². The summed E-state index contributed by atoms with van der Waals surface area (Å²) in [5.74, 6) is 0.438. The molecule has 2 aromatic rings. The lowest BCUT2D eigenvalue weighted by atomic mass is 9.95. The molecule has 1 atom stereocenters. The molecule has 2 fully saturated rings. The molecule has 2 amide bonds. The normalized spacial score (nSPS) is 19.4. The van der Waals surface area contributed by atoms with Gasteiger partial charge in [0.15, 0.2) is 0 Å². The Hall–Kier alpha value is -3.36. The summed E-state index contributed by atoms with van der Waals surface area (Å²) < 4.78 is 5.25. The van der Waals surface area contributed by atoms with E-state index in [0.29, 0.717) is 50.6 Å². The molecule has 0 aliphatic carbocycles. The van der Waals surface area contributed by atoms with Crippen LogP contribution in [0.4, 0.5) is 11.4 Å². The fourth-order valence-electron chi connectivity index (χ4n) is 4.37. The fraction of sp³-hybridized carbons (Fsp3) is 0.455. The first-order valence-corrected chi connectivity index (χ1v) is 10.6. The number of carbonyl (C=O) groups is 2. The van der Waals surface area contributed by atoms with Crippen molar-refractivity contribution in [1.29, 1.82) is 0 Å². The lowest BCUT2D eigenvalue weighted by molar-refractivity contribution is -0.384. The molecule has 3 heterocycles. The second-order valence-electron chi connectivity index (χ2n) is 8.07. The third kappa shape index (κ3) is 4.40. The van der Waals surface area contributed by atoms with Gasteiger partial charge in [0.05, 0.1) is 22.7 Å². The predicted molar refractivity (Wildman–Crippen MR) is 114 cm³/mol. The number of likely N-dealkylation sites (tertiary alicyclic amines) is 1. The van der Waals surface area contributed by atoms with Gasteiger partial charge in [0.2, 0.25) is 5.91 Å². The molecule has 1 unspecified atom stereocenters. The Kier molecular flexibility index (Phi) is 5.92. The zero-order chi connectivity index (χ0) is 22.0. The summed E-state index contributed by atoms with van der Waals surface area (Å²) in [5, 5.41) is 10.8. The predicted octanol–water partition coefficient (Wildman–Crippen LogP) is 2.70. The highest BCUT2D eigenvalue weighted by atomic mass is 16.6. The van der Waals surface area contributed by atoms with Gasteiger partial charge in [-0.05, 0) is 38.0 Å². The van der Waals surface area contributed by atoms with Gasteiger partial charge in [0.1, 0.15) is 5.76 Å². The number of nitro groups is 1. The van der Waals surface area contributed by atoms with Crippen LogP contribution in [0.3, 0.4) is 0 Å². The molecule has 2 aliphatic heterocycles. The fourth-order valence-corrected chi connectivity index (χ4v) is 4.37. The monoisotopic (exact) mass is 426 g/mol. The molecule has 9 heteroatoms. The van der Waals surface area contributed by atoms with E-state index < -0.39 is 4.92 Å². The molecule has 0 N–H and O–H groups in total. The van der Waals surface area contributed by atoms with Gasteiger partial charge in [-0.3, -0.25) is 19.7 Å². The Bertz CT molecular complexity index is 963. The van der Waals surface area contributed by atoms with Crippen LogP contribution in [-0.4, -0.2) is 65.8 Å². The number of rotatable bonds is 4. The smallest absolute Gasteiger partial charge is 0.269 e. The molecule has 2 saturated heterocycles. The minimum absolute atomic E-state index is 0.0691. The number of anilines is 1. The van der Waals surface area contributed by atoms with Gasteiger partial charge in [-0.2, -0.15) is 0 Å². The summed E-state index contributed by atoms with van der Waals surface area (Å²) in [6, 6.07) is 8.18. The largest absolute Gasteiger partial charge is 0.469 e. The Balaban J connectivity index is 1.33. The number of hydrogen-bond donors (Lipinski definition) is 0. The van der Waals surface area contributed by atoms with Crippen LogP contribution in [0, 0.1) is 23.0 Å². The van der Waals surface area contributed by atoms with Crippen LogP contribution in [0.5, 0.6) is 0 Å². The summed E-state index contributed by atoms with van der Waals surface area (Å²) in [4.78, 5) is 42.1. The molecule has 4 rings (SSSR count). The maximum absolute atomic E-state index is 13.1. The molecule has 2 aliphatic rings. The van der Waals surface area contributed by atoms with Crippen molar-refractivity contribution < 1.29 is 18.9 Å². The number of carbonyl (C=O) groups excluding carboxylic acids is 2. The molecule has 164 valence electrons. The molecule has 0 radical (unpaired) electrons. The second-order valence-corrected chi connectivity index (χ2v) is 8.07. The zero-order valence-electron chi connectivity index (χ0n) is 17.5. The number of piperidine rings is 1. The van der Waals surface area contributed by atoms with E-state index in [1.54, 1.807) is 30.0 Å². The Morgan fingerprint density at radius 3 is 2.35 bits per heavy atom. The highest BCUT2D eigenvalue weighted by Gasteiger charge is 2.33. The van der Waals surface area contributed by atoms with Gasteiger partial charge in [-0.1, -0.05) is 0 Å². The maximum Gasteiger partial charge on any atom is 0.269 e. The van der Waals surface area contributed by atoms with E-state index in [4.69, 9.17) is 4.42 Å². The Morgan fingerprint density at radius 1 is 1.03 bits per heavy atom.